The van der Waals surface area contributed by atoms with E-state index >= 15 is 0 Å². The Kier molecular flexibility index (Phi) is 10.3. The van der Waals surface area contributed by atoms with Crippen LogP contribution < -0.4 is 24.3 Å². The molecule has 0 radical (unpaired) electrons. The van der Waals surface area contributed by atoms with Crippen LogP contribution in [0.25, 0.3) is 0 Å². The van der Waals surface area contributed by atoms with Crippen LogP contribution in [0, 0.1) is 0 Å². The maximum absolute atomic E-state index is 13.9. The number of amides is 2. The van der Waals surface area contributed by atoms with Gasteiger partial charge >= 0.3 is 0 Å². The molecule has 0 aliphatic heterocycles. The van der Waals surface area contributed by atoms with Gasteiger partial charge in [-0.15, -0.1) is 0 Å². The minimum absolute atomic E-state index is 0.125. The molecule has 212 valence electrons. The molecule has 0 saturated heterocycles. The zero-order valence-electron chi connectivity index (χ0n) is 23.4. The predicted molar refractivity (Wildman–Crippen MR) is 153 cm³/mol. The van der Waals surface area contributed by atoms with Gasteiger partial charge < -0.3 is 29.2 Å². The van der Waals surface area contributed by atoms with Crippen molar-refractivity contribution in [2.75, 3.05) is 27.9 Å². The van der Waals surface area contributed by atoms with Gasteiger partial charge in [0.15, 0.2) is 6.61 Å². The molecule has 0 aromatic heterocycles. The number of methoxy groups -OCH3 is 3. The molecular formula is C32H38N2O6. The second-order valence-electron chi connectivity index (χ2n) is 9.91. The summed E-state index contributed by atoms with van der Waals surface area (Å²) in [5, 5.41) is 3.22. The molecule has 1 unspecified atom stereocenters. The highest BCUT2D eigenvalue weighted by atomic mass is 16.5. The predicted octanol–water partition coefficient (Wildman–Crippen LogP) is 4.79. The normalized spacial score (nSPS) is 13.8. The summed E-state index contributed by atoms with van der Waals surface area (Å²) in [7, 11) is 4.71. The van der Waals surface area contributed by atoms with Gasteiger partial charge in [-0.25, -0.2) is 0 Å². The highest BCUT2D eigenvalue weighted by Gasteiger charge is 2.32. The van der Waals surface area contributed by atoms with E-state index in [2.05, 4.69) is 5.32 Å². The van der Waals surface area contributed by atoms with E-state index in [1.54, 1.807) is 44.4 Å². The number of nitrogens with one attached hydrogen (secondary N) is 1. The topological polar surface area (TPSA) is 86.3 Å². The minimum Gasteiger partial charge on any atom is -0.497 e. The molecule has 0 heterocycles. The summed E-state index contributed by atoms with van der Waals surface area (Å²) in [6.45, 7) is -0.0430. The second-order valence-corrected chi connectivity index (χ2v) is 9.91. The van der Waals surface area contributed by atoms with Gasteiger partial charge in [-0.3, -0.25) is 9.59 Å². The monoisotopic (exact) mass is 546 g/mol. The fourth-order valence-electron chi connectivity index (χ4n) is 4.98. The molecule has 8 nitrogen and oxygen atoms in total. The second kappa shape index (κ2) is 14.3. The van der Waals surface area contributed by atoms with Crippen LogP contribution in [0.15, 0.2) is 72.8 Å². The zero-order chi connectivity index (χ0) is 28.3. The minimum atomic E-state index is -0.731. The Labute approximate surface area is 236 Å². The molecule has 1 fully saturated rings. The van der Waals surface area contributed by atoms with Gasteiger partial charge in [0.25, 0.3) is 5.91 Å². The first-order valence-corrected chi connectivity index (χ1v) is 13.6. The fraction of sp³-hybridized carbons (Fsp3) is 0.375. The van der Waals surface area contributed by atoms with Crippen LogP contribution in [0.5, 0.6) is 23.0 Å². The highest BCUT2D eigenvalue weighted by Crippen LogP contribution is 2.28. The first-order chi connectivity index (χ1) is 19.5. The maximum Gasteiger partial charge on any atom is 0.261 e. The number of hydrogen-bond donors (Lipinski definition) is 1. The summed E-state index contributed by atoms with van der Waals surface area (Å²) in [5.74, 6) is 1.74. The number of rotatable bonds is 13. The third-order valence-electron chi connectivity index (χ3n) is 7.15. The number of hydrogen-bond acceptors (Lipinski definition) is 6. The Morgan fingerprint density at radius 2 is 1.43 bits per heavy atom. The Balaban J connectivity index is 1.63. The molecule has 1 aliphatic carbocycles. The lowest BCUT2D eigenvalue weighted by Crippen LogP contribution is -2.53. The standard InChI is InChI=1S/C32H38N2O6/c1-37-26-15-9-12-24(16-26)21-34(31(35)22-40-29-19-27(38-2)18-28(20-29)39-3)30(17-23-10-5-4-6-11-23)32(36)33-25-13-7-8-14-25/h4-6,9-12,15-16,18-20,25,30H,7-8,13-14,17,21-22H2,1-3H3,(H,33,36). The van der Waals surface area contributed by atoms with Crippen molar-refractivity contribution < 1.29 is 28.5 Å². The average molecular weight is 547 g/mol. The van der Waals surface area contributed by atoms with Crippen molar-refractivity contribution in [1.29, 1.82) is 0 Å². The molecule has 0 bridgehead atoms. The van der Waals surface area contributed by atoms with Crippen LogP contribution in [0.4, 0.5) is 0 Å². The van der Waals surface area contributed by atoms with Crippen LogP contribution >= 0.6 is 0 Å². The van der Waals surface area contributed by atoms with E-state index < -0.39 is 6.04 Å². The van der Waals surface area contributed by atoms with Crippen LogP contribution in [-0.4, -0.2) is 56.7 Å². The lowest BCUT2D eigenvalue weighted by Gasteiger charge is -2.32. The van der Waals surface area contributed by atoms with E-state index in [9.17, 15) is 9.59 Å². The molecule has 40 heavy (non-hydrogen) atoms. The molecule has 0 spiro atoms. The number of ether oxygens (including phenoxy) is 4. The van der Waals surface area contributed by atoms with Gasteiger partial charge in [0.05, 0.1) is 21.3 Å². The van der Waals surface area contributed by atoms with E-state index in [1.807, 2.05) is 54.6 Å². The molecule has 4 rings (SSSR count). The molecule has 8 heteroatoms. The SMILES string of the molecule is COc1cccc(CN(C(=O)COc2cc(OC)cc(OC)c2)C(Cc2ccccc2)C(=O)NC2CCCC2)c1. The summed E-state index contributed by atoms with van der Waals surface area (Å²) >= 11 is 0. The quantitative estimate of drug-likeness (QED) is 0.332. The van der Waals surface area contributed by atoms with Crippen molar-refractivity contribution in [1.82, 2.24) is 10.2 Å². The molecule has 1 atom stereocenters. The first kappa shape index (κ1) is 28.8. The van der Waals surface area contributed by atoms with E-state index in [0.29, 0.717) is 29.4 Å². The zero-order valence-corrected chi connectivity index (χ0v) is 23.4. The molecule has 1 aliphatic rings. The summed E-state index contributed by atoms with van der Waals surface area (Å²) in [6.07, 6.45) is 4.47. The average Bonchev–Trinajstić information content (AvgIpc) is 3.51. The van der Waals surface area contributed by atoms with Gasteiger partial charge in [-0.1, -0.05) is 55.3 Å². The Hall–Kier alpha value is -4.20. The third-order valence-corrected chi connectivity index (χ3v) is 7.15. The number of benzene rings is 3. The first-order valence-electron chi connectivity index (χ1n) is 13.6. The van der Waals surface area contributed by atoms with Crippen molar-refractivity contribution in [2.24, 2.45) is 0 Å². The molecule has 3 aromatic carbocycles. The molecule has 2 amide bonds. The van der Waals surface area contributed by atoms with Crippen molar-refractivity contribution in [3.63, 3.8) is 0 Å². The van der Waals surface area contributed by atoms with Crippen LogP contribution in [0.3, 0.4) is 0 Å². The molecule has 1 saturated carbocycles. The van der Waals surface area contributed by atoms with E-state index in [0.717, 1.165) is 36.8 Å². The number of carbonyl (C=O) groups is 2. The lowest BCUT2D eigenvalue weighted by molar-refractivity contribution is -0.143. The highest BCUT2D eigenvalue weighted by molar-refractivity contribution is 5.88. The van der Waals surface area contributed by atoms with E-state index in [-0.39, 0.29) is 31.0 Å². The third kappa shape index (κ3) is 7.91. The van der Waals surface area contributed by atoms with Crippen molar-refractivity contribution in [2.45, 2.75) is 50.7 Å². The van der Waals surface area contributed by atoms with Gasteiger partial charge in [-0.2, -0.15) is 0 Å². The summed E-state index contributed by atoms with van der Waals surface area (Å²) in [6, 6.07) is 21.8. The molecule has 3 aromatic rings. The largest absolute Gasteiger partial charge is 0.497 e. The molecule has 1 N–H and O–H groups in total. The van der Waals surface area contributed by atoms with Crippen molar-refractivity contribution >= 4 is 11.8 Å². The Bertz CT molecular complexity index is 1240. The van der Waals surface area contributed by atoms with Crippen LogP contribution in [-0.2, 0) is 22.6 Å². The Morgan fingerprint density at radius 3 is 2.08 bits per heavy atom. The summed E-state index contributed by atoms with van der Waals surface area (Å²) < 4.78 is 22.0. The maximum atomic E-state index is 13.9. The Morgan fingerprint density at radius 1 is 0.800 bits per heavy atom. The van der Waals surface area contributed by atoms with Crippen LogP contribution in [0.1, 0.15) is 36.8 Å². The van der Waals surface area contributed by atoms with Gasteiger partial charge in [-0.05, 0) is 36.1 Å². The van der Waals surface area contributed by atoms with Gasteiger partial charge in [0.2, 0.25) is 5.91 Å². The summed E-state index contributed by atoms with van der Waals surface area (Å²) in [5.41, 5.74) is 1.82. The number of nitrogens with zero attached hydrogens (tertiary/aromatic N) is 1. The molecular weight excluding hydrogens is 508 g/mol. The van der Waals surface area contributed by atoms with Crippen molar-refractivity contribution in [3.8, 4) is 23.0 Å². The van der Waals surface area contributed by atoms with Crippen LogP contribution in [0.2, 0.25) is 0 Å². The van der Waals surface area contributed by atoms with E-state index in [1.165, 1.54) is 0 Å². The van der Waals surface area contributed by atoms with E-state index in [4.69, 9.17) is 18.9 Å². The smallest absolute Gasteiger partial charge is 0.261 e. The van der Waals surface area contributed by atoms with Gasteiger partial charge in [0, 0.05) is 37.2 Å². The fourth-order valence-corrected chi connectivity index (χ4v) is 4.98. The lowest BCUT2D eigenvalue weighted by atomic mass is 10.0. The van der Waals surface area contributed by atoms with Crippen molar-refractivity contribution in [3.05, 3.63) is 83.9 Å². The van der Waals surface area contributed by atoms with Gasteiger partial charge in [0.1, 0.15) is 29.0 Å². The summed E-state index contributed by atoms with van der Waals surface area (Å²) in [4.78, 5) is 29.3. The number of carbonyl (C=O) groups excluding carboxylic acids is 2.